The lowest BCUT2D eigenvalue weighted by atomic mass is 9.80. The van der Waals surface area contributed by atoms with E-state index in [2.05, 4.69) is 0 Å². The molecule has 0 radical (unpaired) electrons. The molecule has 0 spiro atoms. The molecule has 1 amide bonds. The Morgan fingerprint density at radius 1 is 1.21 bits per heavy atom. The van der Waals surface area contributed by atoms with Crippen molar-refractivity contribution in [2.45, 2.75) is 35.1 Å². The quantitative estimate of drug-likeness (QED) is 0.760. The number of piperidine rings is 1. The lowest BCUT2D eigenvalue weighted by molar-refractivity contribution is -0.159. The Bertz CT molecular complexity index is 1050. The Kier molecular flexibility index (Phi) is 4.35. The van der Waals surface area contributed by atoms with Crippen molar-refractivity contribution in [2.24, 2.45) is 0 Å². The number of hydrogen-bond acceptors (Lipinski definition) is 5. The summed E-state index contributed by atoms with van der Waals surface area (Å²) in [5, 5.41) is -0.818. The Hall–Kier alpha value is -2.25. The number of halogens is 1. The van der Waals surface area contributed by atoms with E-state index in [0.29, 0.717) is 28.5 Å². The van der Waals surface area contributed by atoms with Gasteiger partial charge in [-0.05, 0) is 49.4 Å². The summed E-state index contributed by atoms with van der Waals surface area (Å²) in [6, 6.07) is 11.2. The topological polar surface area (TPSA) is 72.9 Å². The van der Waals surface area contributed by atoms with Crippen LogP contribution in [0, 0.1) is 0 Å². The van der Waals surface area contributed by atoms with E-state index in [-0.39, 0.29) is 4.90 Å². The van der Waals surface area contributed by atoms with Gasteiger partial charge in [-0.2, -0.15) is 0 Å². The highest BCUT2D eigenvalue weighted by molar-refractivity contribution is 7.92. The molecule has 0 aliphatic carbocycles. The van der Waals surface area contributed by atoms with Crippen LogP contribution in [0.15, 0.2) is 47.4 Å². The number of carbonyl (C=O) groups excluding carboxylic acids is 1. The number of nitrogens with zero attached hydrogens (tertiary/aromatic N) is 1. The smallest absolute Gasteiger partial charge is 0.244 e. The van der Waals surface area contributed by atoms with Crippen LogP contribution in [0.3, 0.4) is 0 Å². The van der Waals surface area contributed by atoms with Gasteiger partial charge in [0, 0.05) is 30.0 Å². The molecule has 2 aliphatic heterocycles. The molecule has 0 N–H and O–H groups in total. The largest absolute Gasteiger partial charge is 0.497 e. The van der Waals surface area contributed by atoms with E-state index in [9.17, 15) is 13.2 Å². The van der Waals surface area contributed by atoms with Gasteiger partial charge in [0.25, 0.3) is 0 Å². The van der Waals surface area contributed by atoms with Crippen LogP contribution in [0.2, 0.25) is 5.02 Å². The minimum atomic E-state index is -3.95. The Balaban J connectivity index is 1.89. The minimum Gasteiger partial charge on any atom is -0.497 e. The first-order valence-corrected chi connectivity index (χ1v) is 10.7. The van der Waals surface area contributed by atoms with Crippen molar-refractivity contribution >= 4 is 27.3 Å². The summed E-state index contributed by atoms with van der Waals surface area (Å²) in [6.07, 6.45) is 0.368. The Morgan fingerprint density at radius 2 is 1.89 bits per heavy atom. The lowest BCUT2D eigenvalue weighted by Gasteiger charge is -2.51. The van der Waals surface area contributed by atoms with Crippen molar-refractivity contribution in [3.8, 4) is 11.5 Å². The average Bonchev–Trinajstić information content (AvgIpc) is 2.66. The number of hydrogen-bond donors (Lipinski definition) is 0. The first-order chi connectivity index (χ1) is 13.2. The average molecular weight is 422 g/mol. The van der Waals surface area contributed by atoms with Gasteiger partial charge in [0.05, 0.1) is 12.0 Å². The van der Waals surface area contributed by atoms with E-state index in [4.69, 9.17) is 21.1 Å². The van der Waals surface area contributed by atoms with Gasteiger partial charge >= 0.3 is 0 Å². The number of likely N-dealkylation sites (tertiary alicyclic amines) is 1. The zero-order valence-corrected chi connectivity index (χ0v) is 17.3. The molecule has 2 aliphatic rings. The fourth-order valence-corrected chi connectivity index (χ4v) is 6.06. The molecule has 0 unspecified atom stereocenters. The predicted molar refractivity (Wildman–Crippen MR) is 105 cm³/mol. The van der Waals surface area contributed by atoms with Crippen molar-refractivity contribution in [3.63, 3.8) is 0 Å². The first-order valence-electron chi connectivity index (χ1n) is 8.81. The Labute approximate surface area is 168 Å². The third-order valence-corrected chi connectivity index (χ3v) is 8.05. The summed E-state index contributed by atoms with van der Waals surface area (Å²) < 4.78 is 38.3. The summed E-state index contributed by atoms with van der Waals surface area (Å²) >= 11 is 5.90. The maximum Gasteiger partial charge on any atom is 0.244 e. The zero-order chi connectivity index (χ0) is 20.3. The molecule has 148 valence electrons. The van der Waals surface area contributed by atoms with Crippen LogP contribution >= 0.6 is 11.6 Å². The number of rotatable bonds is 3. The van der Waals surface area contributed by atoms with Crippen molar-refractivity contribution in [3.05, 3.63) is 53.1 Å². The number of fused-ring (bicyclic) bond motifs is 4. The van der Waals surface area contributed by atoms with Gasteiger partial charge in [-0.25, -0.2) is 8.42 Å². The standard InChI is InChI=1S/C20H20ClNO5S/c1-20-11-16(15-10-13(26-3)6-9-17(15)27-20)18(19(23)22(20)2)28(24,25)14-7-4-12(21)5-8-14/h4-10,16,18H,11H2,1-3H3/t16-,18-,20-/m0/s1. The van der Waals surface area contributed by atoms with E-state index in [1.165, 1.54) is 36.3 Å². The molecule has 6 nitrogen and oxygen atoms in total. The van der Waals surface area contributed by atoms with Crippen LogP contribution < -0.4 is 9.47 Å². The zero-order valence-electron chi connectivity index (χ0n) is 15.7. The third-order valence-electron chi connectivity index (χ3n) is 5.67. The predicted octanol–water partition coefficient (Wildman–Crippen LogP) is 3.25. The number of ether oxygens (including phenoxy) is 2. The number of sulfone groups is 1. The molecular formula is C20H20ClNO5S. The molecule has 2 aromatic carbocycles. The molecule has 3 atom stereocenters. The van der Waals surface area contributed by atoms with E-state index in [0.717, 1.165) is 0 Å². The number of carbonyl (C=O) groups is 1. The highest BCUT2D eigenvalue weighted by Gasteiger charge is 2.57. The molecule has 0 saturated carbocycles. The van der Waals surface area contributed by atoms with Crippen LogP contribution in [0.4, 0.5) is 0 Å². The Morgan fingerprint density at radius 3 is 2.54 bits per heavy atom. The third kappa shape index (κ3) is 2.76. The lowest BCUT2D eigenvalue weighted by Crippen LogP contribution is -2.64. The normalized spacial score (nSPS) is 26.4. The minimum absolute atomic E-state index is 0.0724. The van der Waals surface area contributed by atoms with Crippen molar-refractivity contribution < 1.29 is 22.7 Å². The van der Waals surface area contributed by atoms with Crippen molar-refractivity contribution in [1.82, 2.24) is 4.90 Å². The summed E-state index contributed by atoms with van der Waals surface area (Å²) in [5.41, 5.74) is -0.240. The van der Waals surface area contributed by atoms with E-state index in [1.54, 1.807) is 32.2 Å². The second-order valence-electron chi connectivity index (χ2n) is 7.31. The molecule has 2 aromatic rings. The van der Waals surface area contributed by atoms with Crippen LogP contribution in [0.5, 0.6) is 11.5 Å². The summed E-state index contributed by atoms with van der Waals surface area (Å²) in [5.74, 6) is 0.116. The van der Waals surface area contributed by atoms with Gasteiger partial charge in [-0.3, -0.25) is 4.79 Å². The monoisotopic (exact) mass is 421 g/mol. The van der Waals surface area contributed by atoms with E-state index < -0.39 is 32.6 Å². The van der Waals surface area contributed by atoms with Crippen molar-refractivity contribution in [1.29, 1.82) is 0 Å². The van der Waals surface area contributed by atoms with Crippen LogP contribution in [-0.2, 0) is 14.6 Å². The van der Waals surface area contributed by atoms with Crippen LogP contribution in [0.1, 0.15) is 24.8 Å². The number of benzene rings is 2. The molecule has 2 bridgehead atoms. The van der Waals surface area contributed by atoms with E-state index in [1.807, 2.05) is 0 Å². The second kappa shape index (κ2) is 6.39. The molecule has 1 saturated heterocycles. The molecule has 1 fully saturated rings. The van der Waals surface area contributed by atoms with Crippen LogP contribution in [-0.4, -0.2) is 44.4 Å². The van der Waals surface area contributed by atoms with Crippen molar-refractivity contribution in [2.75, 3.05) is 14.2 Å². The van der Waals surface area contributed by atoms with Gasteiger partial charge in [0.2, 0.25) is 5.91 Å². The summed E-state index contributed by atoms with van der Waals surface area (Å²) in [4.78, 5) is 14.7. The fourth-order valence-electron chi connectivity index (χ4n) is 4.02. The van der Waals surface area contributed by atoms with Gasteiger partial charge in [-0.1, -0.05) is 11.6 Å². The van der Waals surface area contributed by atoms with Gasteiger partial charge < -0.3 is 14.4 Å². The molecule has 8 heteroatoms. The highest BCUT2D eigenvalue weighted by Crippen LogP contribution is 2.50. The van der Waals surface area contributed by atoms with E-state index >= 15 is 0 Å². The second-order valence-corrected chi connectivity index (χ2v) is 9.81. The summed E-state index contributed by atoms with van der Waals surface area (Å²) in [6.45, 7) is 1.80. The molecule has 28 heavy (non-hydrogen) atoms. The van der Waals surface area contributed by atoms with Gasteiger partial charge in [0.1, 0.15) is 11.5 Å². The molecule has 0 aromatic heterocycles. The maximum absolute atomic E-state index is 13.5. The maximum atomic E-state index is 13.5. The molecule has 2 heterocycles. The van der Waals surface area contributed by atoms with Gasteiger partial charge in [-0.15, -0.1) is 0 Å². The van der Waals surface area contributed by atoms with Gasteiger partial charge in [0.15, 0.2) is 20.8 Å². The van der Waals surface area contributed by atoms with Crippen LogP contribution in [0.25, 0.3) is 0 Å². The number of methoxy groups -OCH3 is 1. The first kappa shape index (κ1) is 19.1. The number of amides is 1. The summed E-state index contributed by atoms with van der Waals surface area (Å²) in [7, 11) is -0.827. The molecular weight excluding hydrogens is 402 g/mol. The molecule has 4 rings (SSSR count). The SMILES string of the molecule is COc1ccc2c(c1)[C@@H]1C[C@](C)(O2)N(C)C(=O)[C@H]1S(=O)(=O)c1ccc(Cl)cc1. The fraction of sp³-hybridized carbons (Fsp3) is 0.350. The highest BCUT2D eigenvalue weighted by atomic mass is 35.5.